The van der Waals surface area contributed by atoms with Gasteiger partial charge >= 0.3 is 0 Å². The van der Waals surface area contributed by atoms with E-state index in [1.165, 1.54) is 10.5 Å². The summed E-state index contributed by atoms with van der Waals surface area (Å²) in [5, 5.41) is 10.2. The van der Waals surface area contributed by atoms with Crippen LogP contribution in [-0.4, -0.2) is 31.3 Å². The quantitative estimate of drug-likeness (QED) is 0.724. The highest BCUT2D eigenvalue weighted by Crippen LogP contribution is 2.15. The molecule has 2 heteroatoms. The Bertz CT molecular complexity index is 280. The van der Waals surface area contributed by atoms with Crippen molar-refractivity contribution in [3.63, 3.8) is 0 Å². The molecule has 0 radical (unpaired) electrons. The normalized spacial score (nSPS) is 15.3. The van der Waals surface area contributed by atoms with Crippen LogP contribution in [0.15, 0.2) is 30.3 Å². The number of hydrogen-bond acceptors (Lipinski definition) is 1. The topological polar surface area (TPSA) is 24.7 Å². The van der Waals surface area contributed by atoms with E-state index in [0.717, 1.165) is 19.4 Å². The number of quaternary nitrogens is 1. The van der Waals surface area contributed by atoms with Gasteiger partial charge in [0, 0.05) is 12.8 Å². The maximum Gasteiger partial charge on any atom is 0.0794 e. The van der Waals surface area contributed by atoms with Gasteiger partial charge in [-0.05, 0) is 12.5 Å². The first-order chi connectivity index (χ1) is 6.99. The Kier molecular flexibility index (Phi) is 4.30. The van der Waals surface area contributed by atoms with Crippen molar-refractivity contribution >= 4 is 0 Å². The van der Waals surface area contributed by atoms with Crippen LogP contribution in [-0.2, 0) is 6.42 Å². The van der Waals surface area contributed by atoms with Crippen molar-refractivity contribution in [1.29, 1.82) is 0 Å². The van der Waals surface area contributed by atoms with E-state index in [2.05, 4.69) is 26.2 Å². The van der Waals surface area contributed by atoms with Crippen LogP contribution >= 0.6 is 0 Å². The van der Waals surface area contributed by atoms with E-state index in [1.54, 1.807) is 0 Å². The fraction of sp³-hybridized carbons (Fsp3) is 0.538. The molecule has 0 saturated carbocycles. The minimum absolute atomic E-state index is 0.585. The highest BCUT2D eigenvalue weighted by atomic mass is 16.3. The fourth-order valence-corrected chi connectivity index (χ4v) is 1.64. The lowest BCUT2D eigenvalue weighted by Crippen LogP contribution is -3.05. The van der Waals surface area contributed by atoms with Crippen molar-refractivity contribution in [2.24, 2.45) is 0 Å². The van der Waals surface area contributed by atoms with E-state index in [-0.39, 0.29) is 0 Å². The van der Waals surface area contributed by atoms with Crippen LogP contribution in [0.3, 0.4) is 0 Å². The number of rotatable bonds is 5. The third kappa shape index (κ3) is 4.96. The Balaban J connectivity index is 2.49. The summed E-state index contributed by atoms with van der Waals surface area (Å²) in [6.07, 6.45) is 1.57. The fourth-order valence-electron chi connectivity index (χ4n) is 1.64. The number of hydrogen-bond donors (Lipinski definition) is 2. The zero-order chi connectivity index (χ0) is 11.3. The average Bonchev–Trinajstić information content (AvgIpc) is 2.16. The molecule has 0 spiro atoms. The molecule has 0 heterocycles. The van der Waals surface area contributed by atoms with Gasteiger partial charge < -0.3 is 10.0 Å². The predicted molar refractivity (Wildman–Crippen MR) is 63.1 cm³/mol. The molecule has 1 rings (SSSR count). The van der Waals surface area contributed by atoms with Crippen molar-refractivity contribution in [3.05, 3.63) is 35.9 Å². The van der Waals surface area contributed by atoms with Crippen LogP contribution in [0.25, 0.3) is 0 Å². The minimum Gasteiger partial charge on any atom is -0.390 e. The second-order valence-corrected chi connectivity index (χ2v) is 4.87. The van der Waals surface area contributed by atoms with Gasteiger partial charge in [-0.3, -0.25) is 0 Å². The van der Waals surface area contributed by atoms with E-state index in [9.17, 15) is 5.11 Å². The van der Waals surface area contributed by atoms with E-state index in [4.69, 9.17) is 0 Å². The van der Waals surface area contributed by atoms with Gasteiger partial charge in [-0.15, -0.1) is 0 Å². The molecule has 1 aromatic rings. The largest absolute Gasteiger partial charge is 0.390 e. The van der Waals surface area contributed by atoms with Gasteiger partial charge in [0.25, 0.3) is 0 Å². The molecule has 1 atom stereocenters. The summed E-state index contributed by atoms with van der Waals surface area (Å²) >= 11 is 0. The van der Waals surface area contributed by atoms with Gasteiger partial charge in [0.05, 0.1) is 26.2 Å². The third-order valence-electron chi connectivity index (χ3n) is 2.59. The first-order valence-corrected chi connectivity index (χ1v) is 5.55. The summed E-state index contributed by atoms with van der Waals surface area (Å²) < 4.78 is 0. The Morgan fingerprint density at radius 3 is 2.33 bits per heavy atom. The SMILES string of the molecule is C[NH+](C)CC[C@](C)(O)Cc1ccccc1. The van der Waals surface area contributed by atoms with Gasteiger partial charge in [0.15, 0.2) is 0 Å². The van der Waals surface area contributed by atoms with Crippen LogP contribution in [0.1, 0.15) is 18.9 Å². The van der Waals surface area contributed by atoms with Crippen molar-refractivity contribution in [1.82, 2.24) is 0 Å². The smallest absolute Gasteiger partial charge is 0.0794 e. The van der Waals surface area contributed by atoms with Crippen LogP contribution in [0.2, 0.25) is 0 Å². The summed E-state index contributed by atoms with van der Waals surface area (Å²) in [7, 11) is 4.22. The summed E-state index contributed by atoms with van der Waals surface area (Å²) in [5.41, 5.74) is 0.620. The standard InChI is InChI=1S/C13H21NO/c1-13(15,9-10-14(2)3)11-12-7-5-4-6-8-12/h4-8,15H,9-11H2,1-3H3/p+1/t13-/m0/s1. The first-order valence-electron chi connectivity index (χ1n) is 5.55. The Labute approximate surface area is 92.5 Å². The molecule has 0 unspecified atom stereocenters. The van der Waals surface area contributed by atoms with Gasteiger partial charge in [-0.25, -0.2) is 0 Å². The van der Waals surface area contributed by atoms with E-state index >= 15 is 0 Å². The molecule has 0 saturated heterocycles. The summed E-state index contributed by atoms with van der Waals surface area (Å²) in [6.45, 7) is 2.92. The monoisotopic (exact) mass is 208 g/mol. The molecule has 84 valence electrons. The second-order valence-electron chi connectivity index (χ2n) is 4.87. The van der Waals surface area contributed by atoms with E-state index in [0.29, 0.717) is 0 Å². The zero-order valence-electron chi connectivity index (χ0n) is 9.96. The van der Waals surface area contributed by atoms with Gasteiger partial charge in [0.1, 0.15) is 0 Å². The molecule has 0 aliphatic carbocycles. The number of nitrogens with one attached hydrogen (secondary N) is 1. The average molecular weight is 208 g/mol. The molecule has 0 aliphatic heterocycles. The Morgan fingerprint density at radius 2 is 1.80 bits per heavy atom. The molecule has 2 N–H and O–H groups in total. The molecule has 0 fully saturated rings. The first kappa shape index (κ1) is 12.2. The molecule has 15 heavy (non-hydrogen) atoms. The maximum absolute atomic E-state index is 10.2. The highest BCUT2D eigenvalue weighted by Gasteiger charge is 2.21. The van der Waals surface area contributed by atoms with Crippen molar-refractivity contribution in [3.8, 4) is 0 Å². The summed E-state index contributed by atoms with van der Waals surface area (Å²) in [4.78, 5) is 1.38. The highest BCUT2D eigenvalue weighted by molar-refractivity contribution is 5.16. The van der Waals surface area contributed by atoms with E-state index < -0.39 is 5.60 Å². The Morgan fingerprint density at radius 1 is 1.20 bits per heavy atom. The van der Waals surface area contributed by atoms with Crippen LogP contribution in [0.5, 0.6) is 0 Å². The molecule has 1 aromatic carbocycles. The van der Waals surface area contributed by atoms with Crippen molar-refractivity contribution in [2.75, 3.05) is 20.6 Å². The molecular formula is C13H22NO+. The van der Waals surface area contributed by atoms with Gasteiger partial charge in [0.2, 0.25) is 0 Å². The lowest BCUT2D eigenvalue weighted by atomic mass is 9.93. The van der Waals surface area contributed by atoms with Crippen molar-refractivity contribution < 1.29 is 10.0 Å². The molecule has 0 bridgehead atoms. The molecule has 2 nitrogen and oxygen atoms in total. The predicted octanol–water partition coefficient (Wildman–Crippen LogP) is 0.515. The zero-order valence-corrected chi connectivity index (χ0v) is 9.96. The molecule has 0 amide bonds. The molecule has 0 aliphatic rings. The van der Waals surface area contributed by atoms with E-state index in [1.807, 2.05) is 25.1 Å². The summed E-state index contributed by atoms with van der Waals surface area (Å²) in [5.74, 6) is 0. The second kappa shape index (κ2) is 5.29. The lowest BCUT2D eigenvalue weighted by molar-refractivity contribution is -0.859. The van der Waals surface area contributed by atoms with Crippen molar-refractivity contribution in [2.45, 2.75) is 25.4 Å². The number of benzene rings is 1. The molecular weight excluding hydrogens is 186 g/mol. The van der Waals surface area contributed by atoms with Gasteiger partial charge in [-0.2, -0.15) is 0 Å². The lowest BCUT2D eigenvalue weighted by Gasteiger charge is -2.23. The molecule has 0 aromatic heterocycles. The Hall–Kier alpha value is -0.860. The minimum atomic E-state index is -0.585. The van der Waals surface area contributed by atoms with Crippen LogP contribution in [0.4, 0.5) is 0 Å². The third-order valence-corrected chi connectivity index (χ3v) is 2.59. The number of aliphatic hydroxyl groups is 1. The summed E-state index contributed by atoms with van der Waals surface area (Å²) in [6, 6.07) is 10.2. The maximum atomic E-state index is 10.2. The van der Waals surface area contributed by atoms with Crippen LogP contribution < -0.4 is 4.90 Å². The van der Waals surface area contributed by atoms with Gasteiger partial charge in [-0.1, -0.05) is 30.3 Å². The van der Waals surface area contributed by atoms with Crippen LogP contribution in [0, 0.1) is 0 Å².